The van der Waals surface area contributed by atoms with Crippen molar-refractivity contribution in [3.63, 3.8) is 0 Å². The molecule has 0 aromatic carbocycles. The summed E-state index contributed by atoms with van der Waals surface area (Å²) in [6.45, 7) is 7.50. The summed E-state index contributed by atoms with van der Waals surface area (Å²) in [6, 6.07) is 3.75. The zero-order valence-corrected chi connectivity index (χ0v) is 13.1. The number of aryl methyl sites for hydroxylation is 1. The standard InChI is InChI=1S/C16H26N4O/c1-3-7-20-8-5-14(6-9-20)19-16(21)12-10-13(4-2)18-15(17)11-12/h10-11,14H,3-9H2,1-2H3,(H2,17,18)(H,19,21). The summed E-state index contributed by atoms with van der Waals surface area (Å²) in [5.74, 6) is 0.380. The van der Waals surface area contributed by atoms with Gasteiger partial charge in [0.2, 0.25) is 0 Å². The fraction of sp³-hybridized carbons (Fsp3) is 0.625. The minimum absolute atomic E-state index is 0.0345. The van der Waals surface area contributed by atoms with E-state index in [0.717, 1.165) is 44.6 Å². The third-order valence-corrected chi connectivity index (χ3v) is 3.99. The topological polar surface area (TPSA) is 71.2 Å². The number of likely N-dealkylation sites (tertiary alicyclic amines) is 1. The van der Waals surface area contributed by atoms with Crippen LogP contribution < -0.4 is 11.1 Å². The molecule has 1 aromatic rings. The summed E-state index contributed by atoms with van der Waals surface area (Å²) in [6.07, 6.45) is 4.01. The van der Waals surface area contributed by atoms with E-state index in [2.05, 4.69) is 22.1 Å². The van der Waals surface area contributed by atoms with Gasteiger partial charge < -0.3 is 16.0 Å². The molecule has 0 atom stereocenters. The van der Waals surface area contributed by atoms with E-state index in [0.29, 0.717) is 11.4 Å². The molecule has 5 heteroatoms. The van der Waals surface area contributed by atoms with Gasteiger partial charge in [0.25, 0.3) is 5.91 Å². The Balaban J connectivity index is 1.92. The van der Waals surface area contributed by atoms with Gasteiger partial charge in [-0.05, 0) is 44.4 Å². The largest absolute Gasteiger partial charge is 0.384 e. The molecule has 0 spiro atoms. The summed E-state index contributed by atoms with van der Waals surface area (Å²) in [7, 11) is 0. The van der Waals surface area contributed by atoms with Gasteiger partial charge in [0.05, 0.1) is 0 Å². The summed E-state index contributed by atoms with van der Waals surface area (Å²) < 4.78 is 0. The van der Waals surface area contributed by atoms with Gasteiger partial charge in [-0.3, -0.25) is 4.79 Å². The van der Waals surface area contributed by atoms with Gasteiger partial charge in [0.15, 0.2) is 0 Å². The zero-order chi connectivity index (χ0) is 15.2. The van der Waals surface area contributed by atoms with Crippen LogP contribution in [-0.2, 0) is 6.42 Å². The maximum Gasteiger partial charge on any atom is 0.251 e. The molecule has 1 aliphatic rings. The minimum atomic E-state index is -0.0345. The molecule has 1 amide bonds. The van der Waals surface area contributed by atoms with Crippen molar-refractivity contribution in [2.45, 2.75) is 45.6 Å². The van der Waals surface area contributed by atoms with Crippen molar-refractivity contribution in [3.8, 4) is 0 Å². The van der Waals surface area contributed by atoms with Crippen molar-refractivity contribution in [2.75, 3.05) is 25.4 Å². The van der Waals surface area contributed by atoms with Gasteiger partial charge in [0.1, 0.15) is 5.82 Å². The molecule has 1 fully saturated rings. The smallest absolute Gasteiger partial charge is 0.251 e. The second-order valence-electron chi connectivity index (χ2n) is 5.71. The molecule has 1 saturated heterocycles. The Hall–Kier alpha value is -1.62. The molecule has 0 radical (unpaired) electrons. The Labute approximate surface area is 126 Å². The molecule has 0 aliphatic carbocycles. The average molecular weight is 290 g/mol. The molecule has 21 heavy (non-hydrogen) atoms. The number of anilines is 1. The van der Waals surface area contributed by atoms with E-state index in [4.69, 9.17) is 5.73 Å². The number of aromatic nitrogens is 1. The molecule has 5 nitrogen and oxygen atoms in total. The first-order valence-electron chi connectivity index (χ1n) is 7.92. The number of nitrogens with two attached hydrogens (primary N) is 1. The van der Waals surface area contributed by atoms with Gasteiger partial charge in [-0.15, -0.1) is 0 Å². The van der Waals surface area contributed by atoms with Crippen LogP contribution in [0.4, 0.5) is 5.82 Å². The van der Waals surface area contributed by atoms with Crippen molar-refractivity contribution in [1.29, 1.82) is 0 Å². The third-order valence-electron chi connectivity index (χ3n) is 3.99. The first-order valence-corrected chi connectivity index (χ1v) is 7.92. The van der Waals surface area contributed by atoms with Crippen LogP contribution in [0, 0.1) is 0 Å². The molecular formula is C16H26N4O. The predicted molar refractivity (Wildman–Crippen MR) is 85.2 cm³/mol. The van der Waals surface area contributed by atoms with Crippen LogP contribution in [0.2, 0.25) is 0 Å². The van der Waals surface area contributed by atoms with Crippen LogP contribution in [0.1, 0.15) is 49.2 Å². The van der Waals surface area contributed by atoms with E-state index >= 15 is 0 Å². The number of hydrogen-bond donors (Lipinski definition) is 2. The van der Waals surface area contributed by atoms with Crippen LogP contribution in [0.3, 0.4) is 0 Å². The molecule has 2 heterocycles. The molecule has 2 rings (SSSR count). The van der Waals surface area contributed by atoms with E-state index in [1.165, 1.54) is 6.42 Å². The second-order valence-corrected chi connectivity index (χ2v) is 5.71. The Morgan fingerprint density at radius 2 is 2.10 bits per heavy atom. The van der Waals surface area contributed by atoms with Gasteiger partial charge >= 0.3 is 0 Å². The highest BCUT2D eigenvalue weighted by Crippen LogP contribution is 2.13. The maximum absolute atomic E-state index is 12.3. The van der Waals surface area contributed by atoms with Crippen LogP contribution in [0.25, 0.3) is 0 Å². The Morgan fingerprint density at radius 1 is 1.38 bits per heavy atom. The molecule has 1 aliphatic heterocycles. The summed E-state index contributed by atoms with van der Waals surface area (Å²) >= 11 is 0. The fourth-order valence-electron chi connectivity index (χ4n) is 2.81. The average Bonchev–Trinajstić information content (AvgIpc) is 2.48. The number of piperidine rings is 1. The van der Waals surface area contributed by atoms with E-state index in [1.54, 1.807) is 6.07 Å². The lowest BCUT2D eigenvalue weighted by atomic mass is 10.0. The number of rotatable bonds is 5. The lowest BCUT2D eigenvalue weighted by Crippen LogP contribution is -2.44. The Morgan fingerprint density at radius 3 is 2.71 bits per heavy atom. The van der Waals surface area contributed by atoms with Gasteiger partial charge in [-0.25, -0.2) is 4.98 Å². The number of amides is 1. The zero-order valence-electron chi connectivity index (χ0n) is 13.1. The molecule has 0 saturated carbocycles. The Kier molecular flexibility index (Phi) is 5.56. The van der Waals surface area contributed by atoms with E-state index in [-0.39, 0.29) is 11.9 Å². The number of pyridine rings is 1. The molecule has 1 aromatic heterocycles. The number of hydrogen-bond acceptors (Lipinski definition) is 4. The Bertz CT molecular complexity index is 481. The van der Waals surface area contributed by atoms with Gasteiger partial charge in [-0.2, -0.15) is 0 Å². The van der Waals surface area contributed by atoms with Crippen molar-refractivity contribution in [2.24, 2.45) is 0 Å². The lowest BCUT2D eigenvalue weighted by Gasteiger charge is -2.32. The van der Waals surface area contributed by atoms with Gasteiger partial charge in [0, 0.05) is 30.4 Å². The first-order chi connectivity index (χ1) is 10.1. The maximum atomic E-state index is 12.3. The number of nitrogen functional groups attached to an aromatic ring is 1. The van der Waals surface area contributed by atoms with Crippen molar-refractivity contribution in [3.05, 3.63) is 23.4 Å². The number of carbonyl (C=O) groups is 1. The second kappa shape index (κ2) is 7.41. The molecular weight excluding hydrogens is 264 g/mol. The highest BCUT2D eigenvalue weighted by Gasteiger charge is 2.20. The summed E-state index contributed by atoms with van der Waals surface area (Å²) in [5, 5.41) is 3.13. The van der Waals surface area contributed by atoms with Gasteiger partial charge in [-0.1, -0.05) is 13.8 Å². The number of nitrogens with one attached hydrogen (secondary N) is 1. The van der Waals surface area contributed by atoms with Crippen LogP contribution in [0.5, 0.6) is 0 Å². The molecule has 3 N–H and O–H groups in total. The highest BCUT2D eigenvalue weighted by atomic mass is 16.1. The van der Waals surface area contributed by atoms with Crippen LogP contribution in [-0.4, -0.2) is 41.5 Å². The molecule has 116 valence electrons. The van der Waals surface area contributed by atoms with Crippen molar-refractivity contribution in [1.82, 2.24) is 15.2 Å². The van der Waals surface area contributed by atoms with Crippen molar-refractivity contribution < 1.29 is 4.79 Å². The first kappa shape index (κ1) is 15.8. The van der Waals surface area contributed by atoms with Crippen LogP contribution >= 0.6 is 0 Å². The lowest BCUT2D eigenvalue weighted by molar-refractivity contribution is 0.0911. The van der Waals surface area contributed by atoms with E-state index in [9.17, 15) is 4.79 Å². The SMILES string of the molecule is CCCN1CCC(NC(=O)c2cc(N)nc(CC)c2)CC1. The van der Waals surface area contributed by atoms with Crippen LogP contribution in [0.15, 0.2) is 12.1 Å². The summed E-state index contributed by atoms with van der Waals surface area (Å²) in [5.41, 5.74) is 7.24. The monoisotopic (exact) mass is 290 g/mol. The third kappa shape index (κ3) is 4.43. The molecule has 0 bridgehead atoms. The minimum Gasteiger partial charge on any atom is -0.384 e. The molecule has 0 unspecified atom stereocenters. The fourth-order valence-corrected chi connectivity index (χ4v) is 2.81. The highest BCUT2D eigenvalue weighted by molar-refractivity contribution is 5.95. The summed E-state index contributed by atoms with van der Waals surface area (Å²) in [4.78, 5) is 19.0. The number of carbonyl (C=O) groups excluding carboxylic acids is 1. The normalized spacial score (nSPS) is 16.9. The van der Waals surface area contributed by atoms with E-state index in [1.807, 2.05) is 13.0 Å². The quantitative estimate of drug-likeness (QED) is 0.868. The van der Waals surface area contributed by atoms with E-state index < -0.39 is 0 Å². The number of nitrogens with zero attached hydrogens (tertiary/aromatic N) is 2. The predicted octanol–water partition coefficient (Wildman–Crippen LogP) is 1.83. The van der Waals surface area contributed by atoms with Crippen molar-refractivity contribution >= 4 is 11.7 Å².